The number of thiophene rings is 1. The Morgan fingerprint density at radius 3 is 2.64 bits per heavy atom. The summed E-state index contributed by atoms with van der Waals surface area (Å²) in [7, 11) is 0. The van der Waals surface area contributed by atoms with Crippen molar-refractivity contribution in [1.29, 1.82) is 0 Å². The summed E-state index contributed by atoms with van der Waals surface area (Å²) >= 11 is 6.94. The lowest BCUT2D eigenvalue weighted by Crippen LogP contribution is -2.11. The van der Waals surface area contributed by atoms with Crippen molar-refractivity contribution in [2.45, 2.75) is 33.6 Å². The van der Waals surface area contributed by atoms with Crippen LogP contribution in [0.15, 0.2) is 46.1 Å². The topological polar surface area (TPSA) is 26.3 Å². The minimum absolute atomic E-state index is 0.0820. The van der Waals surface area contributed by atoms with Crippen molar-refractivity contribution in [3.8, 4) is 11.1 Å². The molecule has 150 valence electrons. The maximum atomic E-state index is 12.7. The molecular weight excluding hydrogens is 409 g/mol. The Labute approximate surface area is 171 Å². The molecule has 1 aliphatic rings. The fourth-order valence-electron chi connectivity index (χ4n) is 3.50. The highest BCUT2D eigenvalue weighted by atomic mass is 35.5. The number of carbonyl (C=O) groups excluding carboxylic acids is 1. The van der Waals surface area contributed by atoms with Crippen LogP contribution in [0.25, 0.3) is 11.1 Å². The summed E-state index contributed by atoms with van der Waals surface area (Å²) < 4.78 is 43.5. The van der Waals surface area contributed by atoms with Gasteiger partial charge in [-0.3, -0.25) is 4.79 Å². The SMILES string of the molecule is Cc1c(COC(=O)C2C(C=C(Cl)C(F)(F)F)C2(C)C)cccc1-c1ccsc1. The Morgan fingerprint density at radius 2 is 2.04 bits per heavy atom. The summed E-state index contributed by atoms with van der Waals surface area (Å²) in [4.78, 5) is 12.5. The van der Waals surface area contributed by atoms with E-state index in [9.17, 15) is 18.0 Å². The molecule has 0 saturated heterocycles. The lowest BCUT2D eigenvalue weighted by molar-refractivity contribution is -0.147. The standard InChI is InChI=1S/C21H20ClF3O2S/c1-12-13(5-4-6-15(12)14-7-8-28-11-14)10-27-19(26)18-16(20(18,2)3)9-17(22)21(23,24)25/h4-9,11,16,18H,10H2,1-3H3. The Kier molecular flexibility index (Phi) is 5.65. The van der Waals surface area contributed by atoms with Crippen LogP contribution in [0, 0.1) is 24.2 Å². The molecule has 1 aromatic carbocycles. The van der Waals surface area contributed by atoms with Crippen LogP contribution in [0.1, 0.15) is 25.0 Å². The molecular formula is C21H20ClF3O2S. The number of carbonyl (C=O) groups is 1. The molecule has 1 aromatic heterocycles. The van der Waals surface area contributed by atoms with Crippen molar-refractivity contribution < 1.29 is 22.7 Å². The molecule has 28 heavy (non-hydrogen) atoms. The van der Waals surface area contributed by atoms with Crippen LogP contribution in [0.4, 0.5) is 13.2 Å². The molecule has 1 aliphatic carbocycles. The molecule has 2 nitrogen and oxygen atoms in total. The second-order valence-electron chi connectivity index (χ2n) is 7.55. The van der Waals surface area contributed by atoms with Crippen LogP contribution in [-0.2, 0) is 16.1 Å². The van der Waals surface area contributed by atoms with Crippen molar-refractivity contribution in [2.75, 3.05) is 0 Å². The van der Waals surface area contributed by atoms with Crippen molar-refractivity contribution >= 4 is 28.9 Å². The summed E-state index contributed by atoms with van der Waals surface area (Å²) in [5.74, 6) is -1.73. The smallest absolute Gasteiger partial charge is 0.426 e. The predicted molar refractivity (Wildman–Crippen MR) is 105 cm³/mol. The van der Waals surface area contributed by atoms with Gasteiger partial charge in [0.05, 0.1) is 5.92 Å². The maximum Gasteiger partial charge on any atom is 0.426 e. The minimum Gasteiger partial charge on any atom is -0.461 e. The lowest BCUT2D eigenvalue weighted by Gasteiger charge is -2.11. The predicted octanol–water partition coefficient (Wildman–Crippen LogP) is 6.72. The minimum atomic E-state index is -4.60. The molecule has 1 heterocycles. The second kappa shape index (κ2) is 7.56. The van der Waals surface area contributed by atoms with E-state index in [0.717, 1.165) is 28.3 Å². The summed E-state index contributed by atoms with van der Waals surface area (Å²) in [5, 5.41) is 2.85. The number of esters is 1. The summed E-state index contributed by atoms with van der Waals surface area (Å²) in [6.07, 6.45) is -3.68. The first-order chi connectivity index (χ1) is 13.0. The summed E-state index contributed by atoms with van der Waals surface area (Å²) in [5.41, 5.74) is 3.44. The number of hydrogen-bond donors (Lipinski definition) is 0. The average molecular weight is 429 g/mol. The number of ether oxygens (including phenoxy) is 1. The molecule has 0 amide bonds. The molecule has 0 bridgehead atoms. The molecule has 3 rings (SSSR count). The van der Waals surface area contributed by atoms with Gasteiger partial charge >= 0.3 is 12.1 Å². The van der Waals surface area contributed by atoms with E-state index in [1.54, 1.807) is 25.2 Å². The Morgan fingerprint density at radius 1 is 1.32 bits per heavy atom. The molecule has 0 spiro atoms. The third-order valence-electron chi connectivity index (χ3n) is 5.41. The van der Waals surface area contributed by atoms with Gasteiger partial charge in [0.15, 0.2) is 0 Å². The molecule has 2 atom stereocenters. The molecule has 7 heteroatoms. The highest BCUT2D eigenvalue weighted by Gasteiger charge is 2.62. The number of rotatable bonds is 5. The van der Waals surface area contributed by atoms with Gasteiger partial charge in [0, 0.05) is 0 Å². The van der Waals surface area contributed by atoms with Crippen molar-refractivity contribution in [2.24, 2.45) is 17.3 Å². The quantitative estimate of drug-likeness (QED) is 0.494. The van der Waals surface area contributed by atoms with Gasteiger partial charge < -0.3 is 4.74 Å². The first-order valence-electron chi connectivity index (χ1n) is 8.75. The van der Waals surface area contributed by atoms with Crippen molar-refractivity contribution in [3.05, 3.63) is 57.3 Å². The van der Waals surface area contributed by atoms with E-state index < -0.39 is 34.4 Å². The van der Waals surface area contributed by atoms with Crippen molar-refractivity contribution in [1.82, 2.24) is 0 Å². The number of halogens is 4. The fourth-order valence-corrected chi connectivity index (χ4v) is 4.29. The van der Waals surface area contributed by atoms with Crippen LogP contribution in [-0.4, -0.2) is 12.1 Å². The van der Waals surface area contributed by atoms with E-state index in [-0.39, 0.29) is 6.61 Å². The maximum absolute atomic E-state index is 12.7. The average Bonchev–Trinajstić information content (AvgIpc) is 2.98. The van der Waals surface area contributed by atoms with Gasteiger partial charge in [-0.2, -0.15) is 24.5 Å². The Balaban J connectivity index is 1.69. The van der Waals surface area contributed by atoms with Gasteiger partial charge in [-0.15, -0.1) is 0 Å². The van der Waals surface area contributed by atoms with E-state index in [4.69, 9.17) is 16.3 Å². The molecule has 1 fully saturated rings. The van der Waals surface area contributed by atoms with E-state index in [2.05, 4.69) is 0 Å². The first-order valence-corrected chi connectivity index (χ1v) is 10.1. The van der Waals surface area contributed by atoms with Gasteiger partial charge in [-0.25, -0.2) is 0 Å². The molecule has 0 aliphatic heterocycles. The highest BCUT2D eigenvalue weighted by molar-refractivity contribution is 7.08. The van der Waals surface area contributed by atoms with Gasteiger partial charge in [-0.1, -0.05) is 49.7 Å². The zero-order valence-electron chi connectivity index (χ0n) is 15.6. The van der Waals surface area contributed by atoms with Crippen LogP contribution in [0.5, 0.6) is 0 Å². The fraction of sp³-hybridized carbons (Fsp3) is 0.381. The normalized spacial score (nSPS) is 21.5. The van der Waals surface area contributed by atoms with Gasteiger partial charge in [0.1, 0.15) is 11.6 Å². The van der Waals surface area contributed by atoms with Gasteiger partial charge in [-0.05, 0) is 57.3 Å². The number of benzene rings is 1. The van der Waals surface area contributed by atoms with Gasteiger partial charge in [0.25, 0.3) is 0 Å². The molecule has 0 radical (unpaired) electrons. The molecule has 2 aromatic rings. The molecule has 2 unspecified atom stereocenters. The third kappa shape index (κ3) is 4.13. The van der Waals surface area contributed by atoms with Gasteiger partial charge in [0.2, 0.25) is 0 Å². The van der Waals surface area contributed by atoms with E-state index in [1.807, 2.05) is 41.9 Å². The summed E-state index contributed by atoms with van der Waals surface area (Å²) in [6.45, 7) is 5.52. The third-order valence-corrected chi connectivity index (χ3v) is 6.43. The van der Waals surface area contributed by atoms with E-state index >= 15 is 0 Å². The lowest BCUT2D eigenvalue weighted by atomic mass is 9.99. The van der Waals surface area contributed by atoms with Crippen LogP contribution in [0.2, 0.25) is 0 Å². The molecule has 1 saturated carbocycles. The number of alkyl halides is 3. The van der Waals surface area contributed by atoms with Crippen LogP contribution < -0.4 is 0 Å². The number of hydrogen-bond acceptors (Lipinski definition) is 3. The summed E-state index contributed by atoms with van der Waals surface area (Å²) in [6, 6.07) is 7.82. The van der Waals surface area contributed by atoms with Crippen LogP contribution in [0.3, 0.4) is 0 Å². The number of allylic oxidation sites excluding steroid dienone is 2. The second-order valence-corrected chi connectivity index (χ2v) is 8.73. The Hall–Kier alpha value is -1.79. The zero-order valence-corrected chi connectivity index (χ0v) is 17.2. The van der Waals surface area contributed by atoms with E-state index in [0.29, 0.717) is 0 Å². The van der Waals surface area contributed by atoms with Crippen molar-refractivity contribution in [3.63, 3.8) is 0 Å². The zero-order chi connectivity index (χ0) is 20.7. The van der Waals surface area contributed by atoms with Crippen LogP contribution >= 0.6 is 22.9 Å². The Bertz CT molecular complexity index is 901. The first kappa shape index (κ1) is 20.9. The molecule has 0 N–H and O–H groups in total. The monoisotopic (exact) mass is 428 g/mol. The highest BCUT2D eigenvalue weighted by Crippen LogP contribution is 2.60. The van der Waals surface area contributed by atoms with E-state index in [1.165, 1.54) is 0 Å². The largest absolute Gasteiger partial charge is 0.461 e.